The molecule has 0 spiro atoms. The Morgan fingerprint density at radius 2 is 2.00 bits per heavy atom. The van der Waals surface area contributed by atoms with Crippen molar-refractivity contribution in [3.05, 3.63) is 35.4 Å². The highest BCUT2D eigenvalue weighted by atomic mass is 35.5. The molecule has 1 saturated heterocycles. The molecule has 1 amide bonds. The minimum absolute atomic E-state index is 0.138. The molecular weight excluding hydrogens is 278 g/mol. The number of amides is 1. The Bertz CT molecular complexity index is 444. The zero-order valence-electron chi connectivity index (χ0n) is 11.5. The molecule has 0 saturated carbocycles. The molecule has 0 radical (unpaired) electrons. The van der Waals surface area contributed by atoms with Gasteiger partial charge in [0.25, 0.3) is 5.91 Å². The molecule has 1 aliphatic heterocycles. The number of benzene rings is 1. The predicted octanol–water partition coefficient (Wildman–Crippen LogP) is 3.78. The largest absolute Gasteiger partial charge is 0.338 e. The summed E-state index contributed by atoms with van der Waals surface area (Å²) in [6.07, 6.45) is 1.04. The number of rotatable bonds is 2. The van der Waals surface area contributed by atoms with Gasteiger partial charge in [-0.3, -0.25) is 4.79 Å². The van der Waals surface area contributed by atoms with Gasteiger partial charge in [0.15, 0.2) is 0 Å². The van der Waals surface area contributed by atoms with Crippen molar-refractivity contribution in [1.29, 1.82) is 0 Å². The second-order valence-corrected chi connectivity index (χ2v) is 7.55. The third kappa shape index (κ3) is 3.90. The molecule has 1 aliphatic rings. The fourth-order valence-corrected chi connectivity index (χ4v) is 3.42. The van der Waals surface area contributed by atoms with Gasteiger partial charge in [-0.15, -0.1) is 11.6 Å². The Morgan fingerprint density at radius 3 is 2.63 bits per heavy atom. The average molecular weight is 298 g/mol. The SMILES string of the molecule is CC1(C)CCN(C(=O)c2ccc(CCl)cc2)CCS1. The van der Waals surface area contributed by atoms with E-state index in [4.69, 9.17) is 11.6 Å². The number of halogens is 1. The molecular formula is C15H20ClNOS. The van der Waals surface area contributed by atoms with Crippen LogP contribution in [0.4, 0.5) is 0 Å². The monoisotopic (exact) mass is 297 g/mol. The standard InChI is InChI=1S/C15H20ClNOS/c1-15(2)7-8-17(9-10-19-15)14(18)13-5-3-12(11-16)4-6-13/h3-6H,7-11H2,1-2H3. The molecule has 0 aromatic heterocycles. The highest BCUT2D eigenvalue weighted by Gasteiger charge is 2.26. The maximum atomic E-state index is 12.4. The van der Waals surface area contributed by atoms with E-state index in [-0.39, 0.29) is 10.7 Å². The van der Waals surface area contributed by atoms with Gasteiger partial charge in [-0.05, 0) is 24.1 Å². The predicted molar refractivity (Wildman–Crippen MR) is 83.1 cm³/mol. The first-order chi connectivity index (χ1) is 9.02. The van der Waals surface area contributed by atoms with Gasteiger partial charge in [0.2, 0.25) is 0 Å². The summed E-state index contributed by atoms with van der Waals surface area (Å²) in [6, 6.07) is 7.61. The summed E-state index contributed by atoms with van der Waals surface area (Å²) in [5.41, 5.74) is 1.81. The number of carbonyl (C=O) groups excluding carboxylic acids is 1. The van der Waals surface area contributed by atoms with Crippen LogP contribution in [0.5, 0.6) is 0 Å². The number of nitrogens with zero attached hydrogens (tertiary/aromatic N) is 1. The molecule has 0 aliphatic carbocycles. The summed E-state index contributed by atoms with van der Waals surface area (Å²) < 4.78 is 0.275. The van der Waals surface area contributed by atoms with Crippen LogP contribution >= 0.6 is 23.4 Å². The maximum absolute atomic E-state index is 12.4. The third-order valence-corrected chi connectivity index (χ3v) is 5.16. The molecule has 0 atom stereocenters. The van der Waals surface area contributed by atoms with E-state index < -0.39 is 0 Å². The van der Waals surface area contributed by atoms with Crippen molar-refractivity contribution in [2.45, 2.75) is 30.9 Å². The minimum Gasteiger partial charge on any atom is -0.338 e. The van der Waals surface area contributed by atoms with Crippen molar-refractivity contribution in [2.75, 3.05) is 18.8 Å². The zero-order valence-corrected chi connectivity index (χ0v) is 13.1. The third-order valence-electron chi connectivity index (χ3n) is 3.48. The van der Waals surface area contributed by atoms with Crippen molar-refractivity contribution in [2.24, 2.45) is 0 Å². The van der Waals surface area contributed by atoms with E-state index in [1.54, 1.807) is 0 Å². The van der Waals surface area contributed by atoms with Crippen LogP contribution in [0, 0.1) is 0 Å². The molecule has 2 nitrogen and oxygen atoms in total. The van der Waals surface area contributed by atoms with E-state index in [1.165, 1.54) is 0 Å². The molecule has 1 aromatic carbocycles. The maximum Gasteiger partial charge on any atom is 0.253 e. The summed E-state index contributed by atoms with van der Waals surface area (Å²) in [4.78, 5) is 14.4. The fraction of sp³-hybridized carbons (Fsp3) is 0.533. The summed E-state index contributed by atoms with van der Waals surface area (Å²) in [6.45, 7) is 6.18. The highest BCUT2D eigenvalue weighted by molar-refractivity contribution is 8.00. The van der Waals surface area contributed by atoms with Crippen molar-refractivity contribution >= 4 is 29.3 Å². The molecule has 2 rings (SSSR count). The van der Waals surface area contributed by atoms with Crippen molar-refractivity contribution in [1.82, 2.24) is 4.90 Å². The van der Waals surface area contributed by atoms with Gasteiger partial charge < -0.3 is 4.90 Å². The molecule has 104 valence electrons. The van der Waals surface area contributed by atoms with E-state index >= 15 is 0 Å². The van der Waals surface area contributed by atoms with Gasteiger partial charge in [-0.25, -0.2) is 0 Å². The van der Waals surface area contributed by atoms with E-state index in [1.807, 2.05) is 40.9 Å². The van der Waals surface area contributed by atoms with Crippen molar-refractivity contribution in [3.63, 3.8) is 0 Å². The van der Waals surface area contributed by atoms with Crippen LogP contribution in [-0.4, -0.2) is 34.4 Å². The van der Waals surface area contributed by atoms with Crippen LogP contribution in [0.15, 0.2) is 24.3 Å². The lowest BCUT2D eigenvalue weighted by Crippen LogP contribution is -2.33. The van der Waals surface area contributed by atoms with Crippen LogP contribution in [0.1, 0.15) is 36.2 Å². The van der Waals surface area contributed by atoms with Gasteiger partial charge in [0.1, 0.15) is 0 Å². The van der Waals surface area contributed by atoms with Crippen molar-refractivity contribution in [3.8, 4) is 0 Å². The lowest BCUT2D eigenvalue weighted by atomic mass is 10.1. The summed E-state index contributed by atoms with van der Waals surface area (Å²) in [5, 5.41) is 0. The second kappa shape index (κ2) is 6.19. The first kappa shape index (κ1) is 14.7. The Labute approximate surface area is 124 Å². The van der Waals surface area contributed by atoms with Crippen LogP contribution in [-0.2, 0) is 5.88 Å². The van der Waals surface area contributed by atoms with Crippen LogP contribution in [0.3, 0.4) is 0 Å². The lowest BCUT2D eigenvalue weighted by Gasteiger charge is -2.22. The van der Waals surface area contributed by atoms with E-state index in [0.717, 1.165) is 36.4 Å². The molecule has 1 aromatic rings. The van der Waals surface area contributed by atoms with Crippen LogP contribution < -0.4 is 0 Å². The van der Waals surface area contributed by atoms with Gasteiger partial charge in [-0.1, -0.05) is 26.0 Å². The van der Waals surface area contributed by atoms with Gasteiger partial charge in [0.05, 0.1) is 0 Å². The topological polar surface area (TPSA) is 20.3 Å². The normalized spacial score (nSPS) is 19.0. The van der Waals surface area contributed by atoms with Gasteiger partial charge >= 0.3 is 0 Å². The Kier molecular flexibility index (Phi) is 4.80. The lowest BCUT2D eigenvalue weighted by molar-refractivity contribution is 0.0764. The number of hydrogen-bond acceptors (Lipinski definition) is 2. The van der Waals surface area contributed by atoms with Crippen LogP contribution in [0.25, 0.3) is 0 Å². The summed E-state index contributed by atoms with van der Waals surface area (Å²) >= 11 is 7.71. The Balaban J connectivity index is 2.06. The van der Waals surface area contributed by atoms with E-state index in [9.17, 15) is 4.79 Å². The van der Waals surface area contributed by atoms with Gasteiger partial charge in [0, 0.05) is 35.0 Å². The molecule has 0 unspecified atom stereocenters. The average Bonchev–Trinajstić information content (AvgIpc) is 2.59. The molecule has 4 heteroatoms. The molecule has 0 bridgehead atoms. The van der Waals surface area contributed by atoms with Crippen LogP contribution in [0.2, 0.25) is 0 Å². The summed E-state index contributed by atoms with van der Waals surface area (Å²) in [7, 11) is 0. The summed E-state index contributed by atoms with van der Waals surface area (Å²) in [5.74, 6) is 1.64. The highest BCUT2D eigenvalue weighted by Crippen LogP contribution is 2.31. The molecule has 1 fully saturated rings. The van der Waals surface area contributed by atoms with Crippen molar-refractivity contribution < 1.29 is 4.79 Å². The van der Waals surface area contributed by atoms with E-state index in [2.05, 4.69) is 13.8 Å². The van der Waals surface area contributed by atoms with E-state index in [0.29, 0.717) is 5.88 Å². The first-order valence-corrected chi connectivity index (χ1v) is 8.12. The first-order valence-electron chi connectivity index (χ1n) is 6.60. The quantitative estimate of drug-likeness (QED) is 0.774. The smallest absolute Gasteiger partial charge is 0.253 e. The molecule has 1 heterocycles. The second-order valence-electron chi connectivity index (χ2n) is 5.48. The number of hydrogen-bond donors (Lipinski definition) is 0. The number of carbonyl (C=O) groups is 1. The Morgan fingerprint density at radius 1 is 1.32 bits per heavy atom. The number of alkyl halides is 1. The Hall–Kier alpha value is -0.670. The molecule has 19 heavy (non-hydrogen) atoms. The molecule has 0 N–H and O–H groups in total. The minimum atomic E-state index is 0.138. The van der Waals surface area contributed by atoms with Gasteiger partial charge in [-0.2, -0.15) is 11.8 Å². The fourth-order valence-electron chi connectivity index (χ4n) is 2.14. The number of thioether (sulfide) groups is 1. The zero-order chi connectivity index (χ0) is 13.9.